The summed E-state index contributed by atoms with van der Waals surface area (Å²) in [7, 11) is 0. The van der Waals surface area contributed by atoms with E-state index in [0.717, 1.165) is 0 Å². The SMILES string of the molecule is O=Cc1ccccc1C(O)C(O)C(=O)O. The highest BCUT2D eigenvalue weighted by molar-refractivity contribution is 5.79. The van der Waals surface area contributed by atoms with Crippen LogP contribution in [-0.2, 0) is 4.79 Å². The normalized spacial score (nSPS) is 14.3. The highest BCUT2D eigenvalue weighted by atomic mass is 16.4. The maximum absolute atomic E-state index is 10.6. The molecule has 0 aliphatic heterocycles. The second kappa shape index (κ2) is 4.68. The largest absolute Gasteiger partial charge is 0.479 e. The second-order valence-corrected chi connectivity index (χ2v) is 2.97. The Hall–Kier alpha value is -1.72. The summed E-state index contributed by atoms with van der Waals surface area (Å²) < 4.78 is 0. The summed E-state index contributed by atoms with van der Waals surface area (Å²) in [6.45, 7) is 0. The van der Waals surface area contributed by atoms with Crippen LogP contribution in [-0.4, -0.2) is 33.7 Å². The number of carboxylic acid groups (broad SMARTS) is 1. The summed E-state index contributed by atoms with van der Waals surface area (Å²) in [5, 5.41) is 27.1. The van der Waals surface area contributed by atoms with Gasteiger partial charge in [0.25, 0.3) is 0 Å². The first kappa shape index (κ1) is 11.4. The van der Waals surface area contributed by atoms with Crippen molar-refractivity contribution in [2.45, 2.75) is 12.2 Å². The summed E-state index contributed by atoms with van der Waals surface area (Å²) in [5.74, 6) is -1.54. The van der Waals surface area contributed by atoms with Gasteiger partial charge in [-0.2, -0.15) is 0 Å². The molecule has 15 heavy (non-hydrogen) atoms. The van der Waals surface area contributed by atoms with Gasteiger partial charge in [0.2, 0.25) is 0 Å². The number of carboxylic acids is 1. The van der Waals surface area contributed by atoms with Gasteiger partial charge < -0.3 is 15.3 Å². The highest BCUT2D eigenvalue weighted by Gasteiger charge is 2.26. The molecule has 0 radical (unpaired) electrons. The number of aliphatic hydroxyl groups is 2. The number of aliphatic hydroxyl groups excluding tert-OH is 2. The first-order valence-corrected chi connectivity index (χ1v) is 4.21. The number of aldehydes is 1. The maximum atomic E-state index is 10.6. The van der Waals surface area contributed by atoms with Crippen LogP contribution < -0.4 is 0 Å². The second-order valence-electron chi connectivity index (χ2n) is 2.97. The van der Waals surface area contributed by atoms with Crippen LogP contribution in [0, 0.1) is 0 Å². The maximum Gasteiger partial charge on any atom is 0.335 e. The molecule has 0 aliphatic rings. The van der Waals surface area contributed by atoms with Crippen LogP contribution in [0.25, 0.3) is 0 Å². The minimum absolute atomic E-state index is 0.0994. The van der Waals surface area contributed by atoms with E-state index in [1.807, 2.05) is 0 Å². The van der Waals surface area contributed by atoms with Crippen LogP contribution in [0.2, 0.25) is 0 Å². The van der Waals surface area contributed by atoms with Gasteiger partial charge >= 0.3 is 5.97 Å². The molecule has 2 atom stereocenters. The van der Waals surface area contributed by atoms with Crippen molar-refractivity contribution >= 4 is 12.3 Å². The lowest BCUT2D eigenvalue weighted by Crippen LogP contribution is -2.28. The van der Waals surface area contributed by atoms with Gasteiger partial charge in [-0.25, -0.2) is 4.79 Å². The number of hydrogen-bond donors (Lipinski definition) is 3. The molecule has 0 saturated carbocycles. The monoisotopic (exact) mass is 210 g/mol. The van der Waals surface area contributed by atoms with Gasteiger partial charge in [-0.15, -0.1) is 0 Å². The first-order chi connectivity index (χ1) is 7.07. The molecule has 0 heterocycles. The van der Waals surface area contributed by atoms with Crippen molar-refractivity contribution in [2.75, 3.05) is 0 Å². The molecular formula is C10H10O5. The number of benzene rings is 1. The van der Waals surface area contributed by atoms with Crippen LogP contribution >= 0.6 is 0 Å². The quantitative estimate of drug-likeness (QED) is 0.607. The van der Waals surface area contributed by atoms with Gasteiger partial charge in [-0.05, 0) is 5.56 Å². The van der Waals surface area contributed by atoms with Crippen LogP contribution in [0.3, 0.4) is 0 Å². The minimum atomic E-state index is -1.94. The topological polar surface area (TPSA) is 94.8 Å². The van der Waals surface area contributed by atoms with E-state index < -0.39 is 18.2 Å². The van der Waals surface area contributed by atoms with Crippen molar-refractivity contribution in [3.8, 4) is 0 Å². The van der Waals surface area contributed by atoms with E-state index in [0.29, 0.717) is 6.29 Å². The Morgan fingerprint density at radius 1 is 1.27 bits per heavy atom. The molecule has 1 aromatic carbocycles. The number of hydrogen-bond acceptors (Lipinski definition) is 4. The van der Waals surface area contributed by atoms with E-state index in [1.54, 1.807) is 12.1 Å². The smallest absolute Gasteiger partial charge is 0.335 e. The number of rotatable bonds is 4. The third-order valence-corrected chi connectivity index (χ3v) is 1.99. The van der Waals surface area contributed by atoms with E-state index >= 15 is 0 Å². The van der Waals surface area contributed by atoms with Crippen LogP contribution in [0.5, 0.6) is 0 Å². The van der Waals surface area contributed by atoms with E-state index in [1.165, 1.54) is 12.1 Å². The lowest BCUT2D eigenvalue weighted by molar-refractivity contribution is -0.153. The number of carbonyl (C=O) groups excluding carboxylic acids is 1. The van der Waals surface area contributed by atoms with Gasteiger partial charge in [0, 0.05) is 5.56 Å². The minimum Gasteiger partial charge on any atom is -0.479 e. The highest BCUT2D eigenvalue weighted by Crippen LogP contribution is 2.20. The van der Waals surface area contributed by atoms with Crippen molar-refractivity contribution in [1.82, 2.24) is 0 Å². The summed E-state index contributed by atoms with van der Waals surface area (Å²) in [6.07, 6.45) is -3.05. The summed E-state index contributed by atoms with van der Waals surface area (Å²) in [5.41, 5.74) is 0.257. The van der Waals surface area contributed by atoms with Crippen LogP contribution in [0.15, 0.2) is 24.3 Å². The molecule has 5 nitrogen and oxygen atoms in total. The van der Waals surface area contributed by atoms with Crippen molar-refractivity contribution < 1.29 is 24.9 Å². The summed E-state index contributed by atoms with van der Waals surface area (Å²) >= 11 is 0. The van der Waals surface area contributed by atoms with E-state index in [2.05, 4.69) is 0 Å². The molecule has 1 aromatic rings. The van der Waals surface area contributed by atoms with Crippen molar-refractivity contribution in [2.24, 2.45) is 0 Å². The van der Waals surface area contributed by atoms with E-state index in [-0.39, 0.29) is 11.1 Å². The van der Waals surface area contributed by atoms with E-state index in [9.17, 15) is 14.7 Å². The predicted octanol–water partition coefficient (Wildman–Crippen LogP) is -0.0220. The summed E-state index contributed by atoms with van der Waals surface area (Å²) in [6, 6.07) is 5.94. The fraction of sp³-hybridized carbons (Fsp3) is 0.200. The van der Waals surface area contributed by atoms with Crippen LogP contribution in [0.4, 0.5) is 0 Å². The zero-order chi connectivity index (χ0) is 11.4. The van der Waals surface area contributed by atoms with Crippen LogP contribution in [0.1, 0.15) is 22.0 Å². The number of carbonyl (C=O) groups is 2. The zero-order valence-corrected chi connectivity index (χ0v) is 7.70. The summed E-state index contributed by atoms with van der Waals surface area (Å²) in [4.78, 5) is 21.0. The molecule has 0 fully saturated rings. The average molecular weight is 210 g/mol. The Morgan fingerprint density at radius 3 is 2.40 bits per heavy atom. The third-order valence-electron chi connectivity index (χ3n) is 1.99. The Morgan fingerprint density at radius 2 is 1.87 bits per heavy atom. The van der Waals surface area contributed by atoms with Crippen molar-refractivity contribution in [3.05, 3.63) is 35.4 Å². The fourth-order valence-corrected chi connectivity index (χ4v) is 1.19. The van der Waals surface area contributed by atoms with Gasteiger partial charge in [0.15, 0.2) is 6.10 Å². The van der Waals surface area contributed by atoms with Gasteiger partial charge in [0.1, 0.15) is 12.4 Å². The van der Waals surface area contributed by atoms with Gasteiger partial charge in [-0.1, -0.05) is 24.3 Å². The van der Waals surface area contributed by atoms with Crippen molar-refractivity contribution in [1.29, 1.82) is 0 Å². The molecule has 0 aromatic heterocycles. The first-order valence-electron chi connectivity index (χ1n) is 4.21. The van der Waals surface area contributed by atoms with Gasteiger partial charge in [-0.3, -0.25) is 4.79 Å². The Balaban J connectivity index is 3.04. The Kier molecular flexibility index (Phi) is 3.54. The van der Waals surface area contributed by atoms with Gasteiger partial charge in [0.05, 0.1) is 0 Å². The van der Waals surface area contributed by atoms with E-state index in [4.69, 9.17) is 10.2 Å². The molecule has 1 rings (SSSR count). The average Bonchev–Trinajstić information content (AvgIpc) is 2.26. The lowest BCUT2D eigenvalue weighted by atomic mass is 9.99. The molecular weight excluding hydrogens is 200 g/mol. The molecule has 3 N–H and O–H groups in total. The molecule has 0 amide bonds. The molecule has 5 heteroatoms. The molecule has 0 aliphatic carbocycles. The zero-order valence-electron chi connectivity index (χ0n) is 7.70. The fourth-order valence-electron chi connectivity index (χ4n) is 1.19. The Labute approximate surface area is 85.6 Å². The standard InChI is InChI=1S/C10H10O5/c11-5-6-3-1-2-4-7(6)8(12)9(13)10(14)15/h1-5,8-9,12-13H,(H,14,15). The lowest BCUT2D eigenvalue weighted by Gasteiger charge is -2.15. The van der Waals surface area contributed by atoms with Crippen molar-refractivity contribution in [3.63, 3.8) is 0 Å². The molecule has 2 unspecified atom stereocenters. The molecule has 0 saturated heterocycles. The molecule has 0 spiro atoms. The molecule has 80 valence electrons. The number of aliphatic carboxylic acids is 1. The Bertz CT molecular complexity index is 374. The third kappa shape index (κ3) is 2.39. The molecule has 0 bridgehead atoms. The predicted molar refractivity (Wildman–Crippen MR) is 50.4 cm³/mol.